The topological polar surface area (TPSA) is 65.5 Å². The summed E-state index contributed by atoms with van der Waals surface area (Å²) in [4.78, 5) is 27.2. The molecule has 0 saturated carbocycles. The Kier molecular flexibility index (Phi) is 6.65. The molecule has 0 N–H and O–H groups in total. The second-order valence-corrected chi connectivity index (χ2v) is 7.16. The van der Waals surface area contributed by atoms with Gasteiger partial charge in [0.2, 0.25) is 0 Å². The molecule has 1 unspecified atom stereocenters. The SMILES string of the molecule is C=C(C)C(=O)OCCC(=O)Oc1ccc(C=Cc2ncc[s+]2C)cc1. The van der Waals surface area contributed by atoms with Gasteiger partial charge in [-0.2, -0.15) is 0 Å². The number of ether oxygens (including phenoxy) is 2. The fraction of sp³-hybridized carbons (Fsp3) is 0.211. The molecule has 0 bridgehead atoms. The van der Waals surface area contributed by atoms with Crippen molar-refractivity contribution in [1.82, 2.24) is 4.98 Å². The van der Waals surface area contributed by atoms with Gasteiger partial charge in [-0.1, -0.05) is 18.7 Å². The number of thiazole rings is 1. The average Bonchev–Trinajstić information content (AvgIpc) is 2.99. The highest BCUT2D eigenvalue weighted by atomic mass is 32.2. The van der Waals surface area contributed by atoms with Gasteiger partial charge in [0.05, 0.1) is 12.6 Å². The van der Waals surface area contributed by atoms with Crippen LogP contribution in [0.2, 0.25) is 0 Å². The molecule has 2 aromatic rings. The minimum Gasteiger partial charge on any atom is -0.462 e. The van der Waals surface area contributed by atoms with Crippen molar-refractivity contribution >= 4 is 34.6 Å². The minimum atomic E-state index is -0.513. The van der Waals surface area contributed by atoms with E-state index in [2.05, 4.69) is 23.2 Å². The van der Waals surface area contributed by atoms with Gasteiger partial charge in [-0.3, -0.25) is 4.79 Å². The number of rotatable bonds is 7. The zero-order chi connectivity index (χ0) is 18.2. The summed E-state index contributed by atoms with van der Waals surface area (Å²) < 4.78 is 10.1. The maximum Gasteiger partial charge on any atom is 0.333 e. The maximum absolute atomic E-state index is 11.7. The predicted molar refractivity (Wildman–Crippen MR) is 99.1 cm³/mol. The lowest BCUT2D eigenvalue weighted by Crippen LogP contribution is -2.14. The molecule has 1 atom stereocenters. The van der Waals surface area contributed by atoms with Crippen LogP contribution >= 0.6 is 10.5 Å². The van der Waals surface area contributed by atoms with Crippen LogP contribution in [0.3, 0.4) is 0 Å². The first-order valence-corrected chi connectivity index (χ1v) is 9.36. The third-order valence-corrected chi connectivity index (χ3v) is 4.65. The zero-order valence-electron chi connectivity index (χ0n) is 14.2. The number of hydrogen-bond acceptors (Lipinski definition) is 5. The lowest BCUT2D eigenvalue weighted by atomic mass is 10.2. The summed E-state index contributed by atoms with van der Waals surface area (Å²) in [5, 5.41) is 3.11. The van der Waals surface area contributed by atoms with Crippen LogP contribution in [0.5, 0.6) is 5.75 Å². The van der Waals surface area contributed by atoms with Crippen LogP contribution in [0.15, 0.2) is 48.0 Å². The van der Waals surface area contributed by atoms with Crippen molar-refractivity contribution in [3.8, 4) is 5.75 Å². The van der Waals surface area contributed by atoms with Crippen LogP contribution < -0.4 is 4.74 Å². The standard InChI is InChI=1S/C19H20NO4S/c1-14(2)19(22)23-12-10-18(21)24-16-7-4-15(5-8-16)6-9-17-20-11-13-25(17)3/h4-9,11,13H,1,10,12H2,2-3H3/q+1. The van der Waals surface area contributed by atoms with E-state index in [-0.39, 0.29) is 23.5 Å². The van der Waals surface area contributed by atoms with Crippen LogP contribution in [0, 0.1) is 0 Å². The maximum atomic E-state index is 11.7. The van der Waals surface area contributed by atoms with Crippen LogP contribution in [-0.4, -0.2) is 23.5 Å². The molecule has 5 nitrogen and oxygen atoms in total. The third kappa shape index (κ3) is 6.00. The Hall–Kier alpha value is -2.73. The molecular weight excluding hydrogens is 338 g/mol. The number of hydrogen-bond donors (Lipinski definition) is 0. The van der Waals surface area contributed by atoms with Crippen molar-refractivity contribution in [1.29, 1.82) is 0 Å². The van der Waals surface area contributed by atoms with E-state index in [1.165, 1.54) is 0 Å². The molecule has 0 radical (unpaired) electrons. The first-order valence-electron chi connectivity index (χ1n) is 7.66. The summed E-state index contributed by atoms with van der Waals surface area (Å²) >= 11 is 0. The van der Waals surface area contributed by atoms with Gasteiger partial charge in [0.15, 0.2) is 5.38 Å². The highest BCUT2D eigenvalue weighted by molar-refractivity contribution is 7.28. The molecule has 1 aromatic carbocycles. The molecule has 2 rings (SSSR count). The van der Waals surface area contributed by atoms with Gasteiger partial charge in [-0.25, -0.2) is 9.78 Å². The van der Waals surface area contributed by atoms with Gasteiger partial charge >= 0.3 is 11.9 Å². The van der Waals surface area contributed by atoms with E-state index >= 15 is 0 Å². The van der Waals surface area contributed by atoms with E-state index in [1.54, 1.807) is 19.1 Å². The van der Waals surface area contributed by atoms with Crippen LogP contribution in [-0.2, 0) is 20.6 Å². The Morgan fingerprint density at radius 2 is 1.96 bits per heavy atom. The van der Waals surface area contributed by atoms with Crippen molar-refractivity contribution in [2.24, 2.45) is 6.26 Å². The van der Waals surface area contributed by atoms with E-state index in [0.29, 0.717) is 11.3 Å². The number of aryl methyl sites for hydroxylation is 1. The van der Waals surface area contributed by atoms with Gasteiger partial charge < -0.3 is 9.47 Å². The number of aromatic nitrogens is 1. The van der Waals surface area contributed by atoms with Gasteiger partial charge in [-0.15, -0.1) is 0 Å². The van der Waals surface area contributed by atoms with E-state index in [0.717, 1.165) is 10.6 Å². The van der Waals surface area contributed by atoms with Crippen molar-refractivity contribution in [3.63, 3.8) is 0 Å². The van der Waals surface area contributed by atoms with Crippen LogP contribution in [0.1, 0.15) is 23.9 Å². The molecule has 6 heteroatoms. The van der Waals surface area contributed by atoms with Crippen LogP contribution in [0.4, 0.5) is 0 Å². The van der Waals surface area contributed by atoms with Crippen molar-refractivity contribution in [3.05, 3.63) is 58.6 Å². The molecule has 0 aliphatic heterocycles. The van der Waals surface area contributed by atoms with Gasteiger partial charge in [-0.05, 0) is 30.7 Å². The lowest BCUT2D eigenvalue weighted by Gasteiger charge is -2.06. The summed E-state index contributed by atoms with van der Waals surface area (Å²) in [6.45, 7) is 4.99. The second kappa shape index (κ2) is 8.94. The molecule has 0 fully saturated rings. The smallest absolute Gasteiger partial charge is 0.333 e. The largest absolute Gasteiger partial charge is 0.462 e. The van der Waals surface area contributed by atoms with Crippen LogP contribution in [0.25, 0.3) is 12.2 Å². The third-order valence-electron chi connectivity index (χ3n) is 3.21. The molecule has 130 valence electrons. The molecule has 1 aromatic heterocycles. The predicted octanol–water partition coefficient (Wildman–Crippen LogP) is 3.95. The Morgan fingerprint density at radius 1 is 1.24 bits per heavy atom. The summed E-state index contributed by atoms with van der Waals surface area (Å²) in [6, 6.07) is 7.16. The Morgan fingerprint density at radius 3 is 2.56 bits per heavy atom. The highest BCUT2D eigenvalue weighted by Gasteiger charge is 2.08. The fourth-order valence-corrected chi connectivity index (χ4v) is 2.74. The first kappa shape index (κ1) is 18.6. The monoisotopic (exact) mass is 358 g/mol. The lowest BCUT2D eigenvalue weighted by molar-refractivity contribution is -0.142. The van der Waals surface area contributed by atoms with Crippen molar-refractivity contribution < 1.29 is 19.1 Å². The Bertz CT molecular complexity index is 790. The molecule has 0 saturated heterocycles. The van der Waals surface area contributed by atoms with E-state index < -0.39 is 11.9 Å². The molecular formula is C19H20NO4S+. The quantitative estimate of drug-likeness (QED) is 0.324. The minimum absolute atomic E-state index is 0.00763. The van der Waals surface area contributed by atoms with Crippen molar-refractivity contribution in [2.45, 2.75) is 13.3 Å². The van der Waals surface area contributed by atoms with Gasteiger partial charge in [0, 0.05) is 22.1 Å². The Balaban J connectivity index is 1.82. The Labute approximate surface area is 149 Å². The number of esters is 2. The van der Waals surface area contributed by atoms with Crippen molar-refractivity contribution in [2.75, 3.05) is 6.61 Å². The number of nitrogens with zero attached hydrogens (tertiary/aromatic N) is 1. The summed E-state index contributed by atoms with van der Waals surface area (Å²) in [7, 11) is 0.0656. The number of benzene rings is 1. The molecule has 25 heavy (non-hydrogen) atoms. The van der Waals surface area contributed by atoms with Gasteiger partial charge in [0.1, 0.15) is 18.6 Å². The highest BCUT2D eigenvalue weighted by Crippen LogP contribution is 2.21. The number of carbonyl (C=O) groups excluding carboxylic acids is 2. The molecule has 0 aliphatic carbocycles. The molecule has 0 spiro atoms. The first-order chi connectivity index (χ1) is 12.0. The normalized spacial score (nSPS) is 11.4. The molecule has 1 heterocycles. The molecule has 0 aliphatic rings. The van der Waals surface area contributed by atoms with E-state index in [9.17, 15) is 9.59 Å². The van der Waals surface area contributed by atoms with E-state index in [4.69, 9.17) is 9.47 Å². The zero-order valence-corrected chi connectivity index (χ0v) is 15.0. The number of carbonyl (C=O) groups is 2. The summed E-state index contributed by atoms with van der Waals surface area (Å²) in [5.41, 5.74) is 1.29. The average molecular weight is 358 g/mol. The van der Waals surface area contributed by atoms with Gasteiger partial charge in [0.25, 0.3) is 5.01 Å². The summed E-state index contributed by atoms with van der Waals surface area (Å²) in [5.74, 6) is -0.524. The second-order valence-electron chi connectivity index (χ2n) is 5.35. The molecule has 0 amide bonds. The van der Waals surface area contributed by atoms with E-state index in [1.807, 2.05) is 30.5 Å². The summed E-state index contributed by atoms with van der Waals surface area (Å²) in [6.07, 6.45) is 7.88. The fourth-order valence-electron chi connectivity index (χ4n) is 1.85.